The van der Waals surface area contributed by atoms with Crippen LogP contribution in [0.1, 0.15) is 6.42 Å². The molecule has 1 aliphatic heterocycles. The summed E-state index contributed by atoms with van der Waals surface area (Å²) in [6.07, 6.45) is 2.23. The summed E-state index contributed by atoms with van der Waals surface area (Å²) in [6.45, 7) is 0. The third-order valence-electron chi connectivity index (χ3n) is 4.25. The molecule has 0 aliphatic carbocycles. The zero-order chi connectivity index (χ0) is 18.1. The number of hydrogen-bond donors (Lipinski definition) is 2. The van der Waals surface area contributed by atoms with E-state index in [-0.39, 0.29) is 0 Å². The number of anilines is 2. The smallest absolute Gasteiger partial charge is 0.264 e. The number of Topliss-reactive ketones (excluding diaryl/α,β-unsaturated/α-hetero) is 1. The van der Waals surface area contributed by atoms with Gasteiger partial charge in [0.2, 0.25) is 5.54 Å². The summed E-state index contributed by atoms with van der Waals surface area (Å²) in [7, 11) is 2.99. The molecule has 130 valence electrons. The van der Waals surface area contributed by atoms with E-state index in [1.807, 2.05) is 6.26 Å². The SMILES string of the molecule is CSCC[C@H](N)C(=O)C1(N)C(=O)N(C)c2ccccc2N(C)C1=O. The van der Waals surface area contributed by atoms with Crippen LogP contribution in [-0.4, -0.2) is 55.3 Å². The Hall–Kier alpha value is -1.90. The number of rotatable bonds is 5. The number of amides is 2. The lowest BCUT2D eigenvalue weighted by atomic mass is 9.87. The fourth-order valence-corrected chi connectivity index (χ4v) is 3.24. The largest absolute Gasteiger partial charge is 0.321 e. The molecule has 2 amide bonds. The predicted octanol–water partition coefficient (Wildman–Crippen LogP) is -0.0272. The number of hydrogen-bond acceptors (Lipinski definition) is 6. The van der Waals surface area contributed by atoms with Crippen LogP contribution >= 0.6 is 11.8 Å². The first-order chi connectivity index (χ1) is 11.3. The Balaban J connectivity index is 2.50. The summed E-state index contributed by atoms with van der Waals surface area (Å²) in [5, 5.41) is 0. The number of likely N-dealkylation sites (N-methyl/N-ethyl adjacent to an activating group) is 2. The van der Waals surface area contributed by atoms with E-state index in [2.05, 4.69) is 0 Å². The van der Waals surface area contributed by atoms with Crippen LogP contribution in [0.25, 0.3) is 0 Å². The van der Waals surface area contributed by atoms with Crippen LogP contribution in [0, 0.1) is 0 Å². The van der Waals surface area contributed by atoms with Crippen LogP contribution in [0.4, 0.5) is 11.4 Å². The minimum absolute atomic E-state index is 0.347. The number of carbonyl (C=O) groups is 3. The molecule has 4 N–H and O–H groups in total. The molecule has 1 heterocycles. The molecule has 1 aromatic carbocycles. The Morgan fingerprint density at radius 3 is 2.04 bits per heavy atom. The number of carbonyl (C=O) groups excluding carboxylic acids is 3. The highest BCUT2D eigenvalue weighted by Crippen LogP contribution is 2.34. The topological polar surface area (TPSA) is 110 Å². The molecule has 0 spiro atoms. The maximum Gasteiger partial charge on any atom is 0.264 e. The van der Waals surface area contributed by atoms with Crippen molar-refractivity contribution in [3.63, 3.8) is 0 Å². The van der Waals surface area contributed by atoms with E-state index >= 15 is 0 Å². The van der Waals surface area contributed by atoms with E-state index in [9.17, 15) is 14.4 Å². The standard InChI is InChI=1S/C16H22N4O3S/c1-19-11-6-4-5-7-12(11)20(2)15(23)16(18,14(19)22)13(21)10(17)8-9-24-3/h4-7,10H,8-9,17-18H2,1-3H3/t10-/m0/s1. The van der Waals surface area contributed by atoms with Crippen LogP contribution in [0.15, 0.2) is 24.3 Å². The van der Waals surface area contributed by atoms with E-state index in [1.54, 1.807) is 24.3 Å². The lowest BCUT2D eigenvalue weighted by molar-refractivity contribution is -0.142. The van der Waals surface area contributed by atoms with Crippen molar-refractivity contribution in [1.82, 2.24) is 0 Å². The van der Waals surface area contributed by atoms with Crippen molar-refractivity contribution < 1.29 is 14.4 Å². The van der Waals surface area contributed by atoms with Crippen LogP contribution in [-0.2, 0) is 14.4 Å². The quantitative estimate of drug-likeness (QED) is 0.722. The molecule has 1 aliphatic rings. The van der Waals surface area contributed by atoms with E-state index in [4.69, 9.17) is 11.5 Å². The Kier molecular flexibility index (Phi) is 5.32. The molecule has 1 atom stereocenters. The van der Waals surface area contributed by atoms with Gasteiger partial charge in [-0.05, 0) is 30.6 Å². The maximum atomic E-state index is 12.9. The number of nitrogens with zero attached hydrogens (tertiary/aromatic N) is 2. The molecular formula is C16H22N4O3S. The molecule has 24 heavy (non-hydrogen) atoms. The molecule has 8 heteroatoms. The highest BCUT2D eigenvalue weighted by molar-refractivity contribution is 7.98. The Bertz CT molecular complexity index is 638. The van der Waals surface area contributed by atoms with Gasteiger partial charge in [-0.25, -0.2) is 0 Å². The van der Waals surface area contributed by atoms with Gasteiger partial charge in [0.05, 0.1) is 17.4 Å². The summed E-state index contributed by atoms with van der Waals surface area (Å²) in [5.41, 5.74) is 10.7. The molecule has 0 saturated heterocycles. The first-order valence-corrected chi connectivity index (χ1v) is 8.89. The van der Waals surface area contributed by atoms with Crippen molar-refractivity contribution >= 4 is 40.7 Å². The van der Waals surface area contributed by atoms with Gasteiger partial charge in [-0.3, -0.25) is 14.4 Å². The maximum absolute atomic E-state index is 12.9. The zero-order valence-electron chi connectivity index (χ0n) is 14.0. The fraction of sp³-hybridized carbons (Fsp3) is 0.438. The minimum atomic E-state index is -2.32. The van der Waals surface area contributed by atoms with Crippen molar-refractivity contribution in [1.29, 1.82) is 0 Å². The van der Waals surface area contributed by atoms with Crippen LogP contribution in [0.2, 0.25) is 0 Å². The summed E-state index contributed by atoms with van der Waals surface area (Å²) < 4.78 is 0. The molecule has 7 nitrogen and oxygen atoms in total. The molecule has 0 aromatic heterocycles. The predicted molar refractivity (Wildman–Crippen MR) is 96.2 cm³/mol. The number of nitrogens with two attached hydrogens (primary N) is 2. The minimum Gasteiger partial charge on any atom is -0.321 e. The molecule has 2 rings (SSSR count). The van der Waals surface area contributed by atoms with Gasteiger partial charge in [0.25, 0.3) is 11.8 Å². The summed E-state index contributed by atoms with van der Waals surface area (Å²) >= 11 is 1.53. The summed E-state index contributed by atoms with van der Waals surface area (Å²) in [4.78, 5) is 41.0. The molecule has 0 radical (unpaired) electrons. The molecule has 0 bridgehead atoms. The molecule has 0 saturated carbocycles. The van der Waals surface area contributed by atoms with Crippen LogP contribution in [0.5, 0.6) is 0 Å². The third kappa shape index (κ3) is 2.81. The number of benzene rings is 1. The summed E-state index contributed by atoms with van der Waals surface area (Å²) in [6, 6.07) is 5.91. The van der Waals surface area contributed by atoms with Gasteiger partial charge in [-0.15, -0.1) is 0 Å². The number of thioether (sulfide) groups is 1. The fourth-order valence-electron chi connectivity index (χ4n) is 2.75. The van der Waals surface area contributed by atoms with Crippen molar-refractivity contribution in [2.24, 2.45) is 11.5 Å². The van der Waals surface area contributed by atoms with E-state index in [0.717, 1.165) is 0 Å². The van der Waals surface area contributed by atoms with Gasteiger partial charge >= 0.3 is 0 Å². The number of para-hydroxylation sites is 2. The van der Waals surface area contributed by atoms with E-state index < -0.39 is 29.2 Å². The summed E-state index contributed by atoms with van der Waals surface area (Å²) in [5.74, 6) is -1.65. The van der Waals surface area contributed by atoms with Crippen molar-refractivity contribution in [2.75, 3.05) is 35.9 Å². The molecule has 1 aromatic rings. The van der Waals surface area contributed by atoms with Gasteiger partial charge in [0.1, 0.15) is 0 Å². The Morgan fingerprint density at radius 1 is 1.17 bits per heavy atom. The molecule has 0 unspecified atom stereocenters. The van der Waals surface area contributed by atoms with Crippen molar-refractivity contribution in [2.45, 2.75) is 18.0 Å². The zero-order valence-corrected chi connectivity index (χ0v) is 14.8. The first-order valence-electron chi connectivity index (χ1n) is 7.49. The third-order valence-corrected chi connectivity index (χ3v) is 4.89. The lowest BCUT2D eigenvalue weighted by Crippen LogP contribution is -2.70. The van der Waals surface area contributed by atoms with Crippen LogP contribution < -0.4 is 21.3 Å². The second kappa shape index (κ2) is 6.92. The second-order valence-electron chi connectivity index (χ2n) is 5.78. The van der Waals surface area contributed by atoms with E-state index in [0.29, 0.717) is 23.5 Å². The van der Waals surface area contributed by atoms with E-state index in [1.165, 1.54) is 35.7 Å². The van der Waals surface area contributed by atoms with Gasteiger partial charge in [0, 0.05) is 14.1 Å². The van der Waals surface area contributed by atoms with Gasteiger partial charge in [0.15, 0.2) is 5.78 Å². The van der Waals surface area contributed by atoms with Crippen molar-refractivity contribution in [3.8, 4) is 0 Å². The highest BCUT2D eigenvalue weighted by atomic mass is 32.2. The average molecular weight is 350 g/mol. The van der Waals surface area contributed by atoms with Gasteiger partial charge in [-0.2, -0.15) is 11.8 Å². The first kappa shape index (κ1) is 18.4. The number of fused-ring (bicyclic) bond motifs is 1. The Labute approximate surface area is 145 Å². The molecular weight excluding hydrogens is 328 g/mol. The lowest BCUT2D eigenvalue weighted by Gasteiger charge is -2.30. The highest BCUT2D eigenvalue weighted by Gasteiger charge is 2.55. The van der Waals surface area contributed by atoms with Crippen molar-refractivity contribution in [3.05, 3.63) is 24.3 Å². The second-order valence-corrected chi connectivity index (χ2v) is 6.76. The van der Waals surface area contributed by atoms with Crippen LogP contribution in [0.3, 0.4) is 0 Å². The Morgan fingerprint density at radius 2 is 1.62 bits per heavy atom. The normalized spacial score (nSPS) is 18.2. The van der Waals surface area contributed by atoms with Gasteiger partial charge in [-0.1, -0.05) is 12.1 Å². The number of ketones is 1. The average Bonchev–Trinajstić information content (AvgIpc) is 2.66. The monoisotopic (exact) mass is 350 g/mol. The molecule has 0 fully saturated rings. The van der Waals surface area contributed by atoms with Gasteiger partial charge < -0.3 is 21.3 Å².